The number of amides is 1. The van der Waals surface area contributed by atoms with E-state index in [4.69, 9.17) is 17.0 Å². The van der Waals surface area contributed by atoms with Gasteiger partial charge in [0.05, 0.1) is 4.91 Å². The molecule has 2 aromatic rings. The van der Waals surface area contributed by atoms with Crippen LogP contribution in [0.25, 0.3) is 6.08 Å². The van der Waals surface area contributed by atoms with Crippen molar-refractivity contribution in [2.75, 3.05) is 0 Å². The zero-order valence-corrected chi connectivity index (χ0v) is 14.2. The van der Waals surface area contributed by atoms with Crippen LogP contribution in [-0.4, -0.2) is 10.2 Å². The second-order valence-electron chi connectivity index (χ2n) is 5.16. The van der Waals surface area contributed by atoms with Gasteiger partial charge in [0.15, 0.2) is 0 Å². The van der Waals surface area contributed by atoms with Gasteiger partial charge in [-0.2, -0.15) is 0 Å². The third-order valence-electron chi connectivity index (χ3n) is 3.36. The van der Waals surface area contributed by atoms with Crippen LogP contribution in [-0.2, 0) is 11.4 Å². The number of carbonyl (C=O) groups excluding carboxylic acids is 1. The van der Waals surface area contributed by atoms with Crippen LogP contribution in [0.15, 0.2) is 53.4 Å². The van der Waals surface area contributed by atoms with Crippen molar-refractivity contribution in [3.05, 3.63) is 70.1 Å². The summed E-state index contributed by atoms with van der Waals surface area (Å²) in [4.78, 5) is 12.4. The third-order valence-corrected chi connectivity index (χ3v) is 4.53. The van der Waals surface area contributed by atoms with Crippen molar-refractivity contribution in [1.82, 2.24) is 5.32 Å². The summed E-state index contributed by atoms with van der Waals surface area (Å²) in [6.45, 7) is 2.54. The fourth-order valence-electron chi connectivity index (χ4n) is 2.14. The Kier molecular flexibility index (Phi) is 4.79. The van der Waals surface area contributed by atoms with Gasteiger partial charge in [-0.25, -0.2) is 0 Å². The molecule has 0 aromatic heterocycles. The minimum Gasteiger partial charge on any atom is -0.488 e. The normalized spacial score (nSPS) is 15.8. The highest BCUT2D eigenvalue weighted by Crippen LogP contribution is 2.29. The van der Waals surface area contributed by atoms with E-state index in [-0.39, 0.29) is 5.91 Å². The van der Waals surface area contributed by atoms with Gasteiger partial charge in [-0.05, 0) is 24.6 Å². The Morgan fingerprint density at radius 2 is 1.91 bits per heavy atom. The van der Waals surface area contributed by atoms with Gasteiger partial charge in [0.1, 0.15) is 16.7 Å². The molecule has 1 N–H and O–H groups in total. The summed E-state index contributed by atoms with van der Waals surface area (Å²) in [6, 6.07) is 15.9. The van der Waals surface area contributed by atoms with Crippen LogP contribution >= 0.6 is 24.0 Å². The summed E-state index contributed by atoms with van der Waals surface area (Å²) in [7, 11) is 0. The lowest BCUT2D eigenvalue weighted by Gasteiger charge is -2.10. The average molecular weight is 341 g/mol. The zero-order valence-electron chi connectivity index (χ0n) is 12.5. The fraction of sp³-hybridized carbons (Fsp3) is 0.111. The van der Waals surface area contributed by atoms with E-state index in [1.165, 1.54) is 17.3 Å². The number of para-hydroxylation sites is 1. The first kappa shape index (κ1) is 15.8. The van der Waals surface area contributed by atoms with Crippen LogP contribution in [0.2, 0.25) is 0 Å². The lowest BCUT2D eigenvalue weighted by atomic mass is 10.1. The first-order valence-corrected chi connectivity index (χ1v) is 8.36. The lowest BCUT2D eigenvalue weighted by molar-refractivity contribution is -0.115. The first-order valence-electron chi connectivity index (χ1n) is 7.14. The van der Waals surface area contributed by atoms with Gasteiger partial charge in [0, 0.05) is 5.56 Å². The van der Waals surface area contributed by atoms with Crippen LogP contribution in [0.3, 0.4) is 0 Å². The molecule has 1 fully saturated rings. The smallest absolute Gasteiger partial charge is 0.263 e. The number of thiocarbonyl (C=S) groups is 1. The second-order valence-corrected chi connectivity index (χ2v) is 6.88. The molecule has 1 aliphatic rings. The van der Waals surface area contributed by atoms with Crippen LogP contribution < -0.4 is 10.1 Å². The average Bonchev–Trinajstić information content (AvgIpc) is 2.86. The Hall–Kier alpha value is -2.11. The highest BCUT2D eigenvalue weighted by atomic mass is 32.2. The van der Waals surface area contributed by atoms with Gasteiger partial charge in [-0.1, -0.05) is 72.0 Å². The number of hydrogen-bond donors (Lipinski definition) is 1. The van der Waals surface area contributed by atoms with E-state index in [2.05, 4.69) is 36.5 Å². The maximum atomic E-state index is 11.8. The Balaban J connectivity index is 1.78. The Morgan fingerprint density at radius 1 is 1.17 bits per heavy atom. The molecule has 23 heavy (non-hydrogen) atoms. The first-order chi connectivity index (χ1) is 11.1. The summed E-state index contributed by atoms with van der Waals surface area (Å²) < 4.78 is 6.40. The highest BCUT2D eigenvalue weighted by molar-refractivity contribution is 8.26. The van der Waals surface area contributed by atoms with E-state index in [0.29, 0.717) is 15.8 Å². The number of thioether (sulfide) groups is 1. The minimum atomic E-state index is -0.159. The number of nitrogens with one attached hydrogen (secondary N) is 1. The van der Waals surface area contributed by atoms with Gasteiger partial charge < -0.3 is 10.1 Å². The number of benzene rings is 2. The van der Waals surface area contributed by atoms with E-state index in [9.17, 15) is 4.79 Å². The molecule has 2 aromatic carbocycles. The predicted molar refractivity (Wildman–Crippen MR) is 98.3 cm³/mol. The Bertz CT molecular complexity index is 782. The SMILES string of the molecule is Cc1ccc(COc2ccccc2C=C2SC(=S)NC2=O)cc1. The van der Waals surface area contributed by atoms with E-state index >= 15 is 0 Å². The van der Waals surface area contributed by atoms with Crippen molar-refractivity contribution in [3.63, 3.8) is 0 Å². The number of rotatable bonds is 4. The molecule has 0 spiro atoms. The molecule has 0 aliphatic carbocycles. The van der Waals surface area contributed by atoms with Crippen LogP contribution in [0, 0.1) is 6.92 Å². The summed E-state index contributed by atoms with van der Waals surface area (Å²) in [5.74, 6) is 0.583. The summed E-state index contributed by atoms with van der Waals surface area (Å²) in [5.41, 5.74) is 3.19. The van der Waals surface area contributed by atoms with Gasteiger partial charge in [-0.15, -0.1) is 0 Å². The number of carbonyl (C=O) groups is 1. The molecule has 3 rings (SSSR count). The summed E-state index contributed by atoms with van der Waals surface area (Å²) in [6.07, 6.45) is 1.81. The fourth-order valence-corrected chi connectivity index (χ4v) is 3.17. The third kappa shape index (κ3) is 4.00. The summed E-state index contributed by atoms with van der Waals surface area (Å²) in [5, 5.41) is 2.62. The van der Waals surface area contributed by atoms with Crippen molar-refractivity contribution in [1.29, 1.82) is 0 Å². The molecule has 0 atom stereocenters. The van der Waals surface area contributed by atoms with Gasteiger partial charge in [0.2, 0.25) is 0 Å². The Morgan fingerprint density at radius 3 is 2.61 bits per heavy atom. The second kappa shape index (κ2) is 6.98. The lowest BCUT2D eigenvalue weighted by Crippen LogP contribution is -2.17. The van der Waals surface area contributed by atoms with Crippen molar-refractivity contribution in [2.24, 2.45) is 0 Å². The maximum absolute atomic E-state index is 11.8. The molecule has 1 aliphatic heterocycles. The molecule has 1 heterocycles. The number of hydrogen-bond acceptors (Lipinski definition) is 4. The van der Waals surface area contributed by atoms with E-state index < -0.39 is 0 Å². The van der Waals surface area contributed by atoms with Gasteiger partial charge in [-0.3, -0.25) is 4.79 Å². The van der Waals surface area contributed by atoms with E-state index in [1.807, 2.05) is 30.3 Å². The minimum absolute atomic E-state index is 0.159. The molecule has 3 nitrogen and oxygen atoms in total. The summed E-state index contributed by atoms with van der Waals surface area (Å²) >= 11 is 6.28. The molecule has 5 heteroatoms. The largest absolute Gasteiger partial charge is 0.488 e. The van der Waals surface area contributed by atoms with E-state index in [1.54, 1.807) is 0 Å². The molecule has 0 bridgehead atoms. The monoisotopic (exact) mass is 341 g/mol. The topological polar surface area (TPSA) is 38.3 Å². The van der Waals surface area contributed by atoms with Gasteiger partial charge >= 0.3 is 0 Å². The van der Waals surface area contributed by atoms with Crippen LogP contribution in [0.4, 0.5) is 0 Å². The standard InChI is InChI=1S/C18H15NO2S2/c1-12-6-8-13(9-7-12)11-21-15-5-3-2-4-14(15)10-16-17(20)19-18(22)23-16/h2-10H,11H2,1H3,(H,19,20,22). The van der Waals surface area contributed by atoms with Gasteiger partial charge in [0.25, 0.3) is 5.91 Å². The van der Waals surface area contributed by atoms with E-state index in [0.717, 1.165) is 16.9 Å². The van der Waals surface area contributed by atoms with Crippen LogP contribution in [0.1, 0.15) is 16.7 Å². The maximum Gasteiger partial charge on any atom is 0.263 e. The number of ether oxygens (including phenoxy) is 1. The van der Waals surface area contributed by atoms with Crippen LogP contribution in [0.5, 0.6) is 5.75 Å². The van der Waals surface area contributed by atoms with Crippen molar-refractivity contribution in [3.8, 4) is 5.75 Å². The molecule has 0 radical (unpaired) electrons. The van der Waals surface area contributed by atoms with Crippen molar-refractivity contribution in [2.45, 2.75) is 13.5 Å². The van der Waals surface area contributed by atoms with Crippen molar-refractivity contribution < 1.29 is 9.53 Å². The zero-order chi connectivity index (χ0) is 16.2. The molecule has 0 saturated carbocycles. The number of aryl methyl sites for hydroxylation is 1. The highest BCUT2D eigenvalue weighted by Gasteiger charge is 2.22. The predicted octanol–water partition coefficient (Wildman–Crippen LogP) is 4.06. The quantitative estimate of drug-likeness (QED) is 0.672. The van der Waals surface area contributed by atoms with Crippen molar-refractivity contribution >= 4 is 40.3 Å². The Labute approximate surface area is 144 Å². The molecule has 1 saturated heterocycles. The molecule has 116 valence electrons. The molecular weight excluding hydrogens is 326 g/mol. The molecule has 0 unspecified atom stereocenters. The molecule has 1 amide bonds. The molecular formula is C18H15NO2S2.